The Balaban J connectivity index is 1.61. The van der Waals surface area contributed by atoms with Gasteiger partial charge in [0.15, 0.2) is 0 Å². The number of urea groups is 1. The van der Waals surface area contributed by atoms with Gasteiger partial charge >= 0.3 is 6.03 Å². The Morgan fingerprint density at radius 1 is 1.30 bits per heavy atom. The van der Waals surface area contributed by atoms with Crippen molar-refractivity contribution in [2.45, 2.75) is 37.8 Å². The summed E-state index contributed by atoms with van der Waals surface area (Å²) in [6.45, 7) is 1.88. The van der Waals surface area contributed by atoms with Crippen LogP contribution in [0.15, 0.2) is 24.3 Å². The van der Waals surface area contributed by atoms with Crippen molar-refractivity contribution in [3.05, 3.63) is 29.3 Å². The molecule has 1 unspecified atom stereocenters. The highest BCUT2D eigenvalue weighted by Gasteiger charge is 2.34. The van der Waals surface area contributed by atoms with Gasteiger partial charge in [0.1, 0.15) is 0 Å². The van der Waals surface area contributed by atoms with Crippen molar-refractivity contribution < 1.29 is 4.79 Å². The van der Waals surface area contributed by atoms with Crippen molar-refractivity contribution in [3.63, 3.8) is 0 Å². The molecule has 1 aliphatic carbocycles. The topological polar surface area (TPSA) is 44.4 Å². The minimum Gasteiger partial charge on any atom is -0.320 e. The molecular formula is C15H20ClN3O. The summed E-state index contributed by atoms with van der Waals surface area (Å²) in [5.41, 5.74) is 0.796. The summed E-state index contributed by atoms with van der Waals surface area (Å²) < 4.78 is 0. The molecule has 1 aromatic rings. The van der Waals surface area contributed by atoms with Gasteiger partial charge in [-0.25, -0.2) is 4.79 Å². The molecule has 2 amide bonds. The summed E-state index contributed by atoms with van der Waals surface area (Å²) in [6, 6.07) is 8.12. The molecule has 1 aliphatic heterocycles. The lowest BCUT2D eigenvalue weighted by atomic mass is 10.2. The van der Waals surface area contributed by atoms with Crippen molar-refractivity contribution in [1.29, 1.82) is 0 Å². The van der Waals surface area contributed by atoms with E-state index in [1.165, 1.54) is 6.42 Å². The lowest BCUT2D eigenvalue weighted by Gasteiger charge is -2.26. The zero-order valence-electron chi connectivity index (χ0n) is 11.4. The molecule has 0 bridgehead atoms. The fourth-order valence-electron chi connectivity index (χ4n) is 2.66. The first kappa shape index (κ1) is 13.7. The fourth-order valence-corrected chi connectivity index (χ4v) is 2.79. The number of carbonyl (C=O) groups is 1. The number of benzene rings is 1. The smallest absolute Gasteiger partial charge is 0.320 e. The molecule has 1 atom stereocenters. The molecule has 20 heavy (non-hydrogen) atoms. The van der Waals surface area contributed by atoms with E-state index >= 15 is 0 Å². The third-order valence-corrected chi connectivity index (χ3v) is 4.18. The van der Waals surface area contributed by atoms with Crippen LogP contribution in [-0.4, -0.2) is 36.1 Å². The predicted octanol–water partition coefficient (Wildman–Crippen LogP) is 3.09. The predicted molar refractivity (Wildman–Crippen MR) is 81.2 cm³/mol. The van der Waals surface area contributed by atoms with Gasteiger partial charge in [-0.2, -0.15) is 0 Å². The Bertz CT molecular complexity index is 467. The monoisotopic (exact) mass is 293 g/mol. The Labute approximate surface area is 124 Å². The van der Waals surface area contributed by atoms with Crippen LogP contribution >= 0.6 is 11.6 Å². The summed E-state index contributed by atoms with van der Waals surface area (Å²) in [6.07, 6.45) is 4.63. The molecule has 0 spiro atoms. The van der Waals surface area contributed by atoms with E-state index in [0.717, 1.165) is 38.0 Å². The summed E-state index contributed by atoms with van der Waals surface area (Å²) >= 11 is 5.85. The Hall–Kier alpha value is -1.26. The van der Waals surface area contributed by atoms with Gasteiger partial charge in [-0.1, -0.05) is 11.6 Å². The van der Waals surface area contributed by atoms with Gasteiger partial charge in [-0.15, -0.1) is 0 Å². The molecule has 1 saturated heterocycles. The molecule has 4 nitrogen and oxygen atoms in total. The van der Waals surface area contributed by atoms with Crippen molar-refractivity contribution in [3.8, 4) is 0 Å². The number of anilines is 1. The van der Waals surface area contributed by atoms with Gasteiger partial charge in [0.2, 0.25) is 0 Å². The highest BCUT2D eigenvalue weighted by atomic mass is 35.5. The Morgan fingerprint density at radius 3 is 2.65 bits per heavy atom. The molecule has 2 fully saturated rings. The molecule has 1 saturated carbocycles. The van der Waals surface area contributed by atoms with E-state index in [0.29, 0.717) is 17.1 Å². The van der Waals surface area contributed by atoms with Crippen molar-refractivity contribution in [1.82, 2.24) is 10.2 Å². The zero-order chi connectivity index (χ0) is 13.9. The minimum absolute atomic E-state index is 0.00326. The largest absolute Gasteiger partial charge is 0.322 e. The van der Waals surface area contributed by atoms with Crippen LogP contribution in [0, 0.1) is 0 Å². The van der Waals surface area contributed by atoms with E-state index < -0.39 is 0 Å². The second kappa shape index (κ2) is 6.02. The summed E-state index contributed by atoms with van der Waals surface area (Å²) in [5.74, 6) is 0. The number of nitrogens with zero attached hydrogens (tertiary/aromatic N) is 1. The SMILES string of the molecule is O=C(Nc1ccc(Cl)cc1)N(CC1CCCN1)C1CC1. The average Bonchev–Trinajstić information content (AvgIpc) is 3.15. The lowest BCUT2D eigenvalue weighted by Crippen LogP contribution is -2.44. The number of rotatable bonds is 4. The maximum atomic E-state index is 12.4. The van der Waals surface area contributed by atoms with E-state index in [-0.39, 0.29) is 6.03 Å². The Kier molecular flexibility index (Phi) is 4.13. The molecular weight excluding hydrogens is 274 g/mol. The van der Waals surface area contributed by atoms with Crippen LogP contribution in [0.2, 0.25) is 5.02 Å². The molecule has 1 heterocycles. The maximum Gasteiger partial charge on any atom is 0.322 e. The molecule has 2 N–H and O–H groups in total. The van der Waals surface area contributed by atoms with E-state index in [9.17, 15) is 4.79 Å². The van der Waals surface area contributed by atoms with E-state index in [4.69, 9.17) is 11.6 Å². The van der Waals surface area contributed by atoms with Crippen molar-refractivity contribution in [2.24, 2.45) is 0 Å². The third kappa shape index (κ3) is 3.44. The molecule has 3 rings (SSSR count). The first-order valence-corrected chi connectivity index (χ1v) is 7.67. The standard InChI is InChI=1S/C15H20ClN3O/c16-11-3-5-12(6-4-11)18-15(20)19(14-7-8-14)10-13-2-1-9-17-13/h3-6,13-14,17H,1-2,7-10H2,(H,18,20). The van der Waals surface area contributed by atoms with Gasteiger partial charge < -0.3 is 15.5 Å². The maximum absolute atomic E-state index is 12.4. The second-order valence-corrected chi connectivity index (χ2v) is 6.05. The van der Waals surface area contributed by atoms with Crippen LogP contribution in [-0.2, 0) is 0 Å². The number of carbonyl (C=O) groups excluding carboxylic acids is 1. The molecule has 0 radical (unpaired) electrons. The first-order valence-electron chi connectivity index (χ1n) is 7.29. The van der Waals surface area contributed by atoms with E-state index in [2.05, 4.69) is 10.6 Å². The third-order valence-electron chi connectivity index (χ3n) is 3.92. The normalized spacial score (nSPS) is 21.8. The number of hydrogen-bond donors (Lipinski definition) is 2. The number of nitrogens with one attached hydrogen (secondary N) is 2. The quantitative estimate of drug-likeness (QED) is 0.896. The summed E-state index contributed by atoms with van der Waals surface area (Å²) in [4.78, 5) is 14.4. The van der Waals surface area contributed by atoms with E-state index in [1.54, 1.807) is 12.1 Å². The van der Waals surface area contributed by atoms with Crippen LogP contribution in [0.1, 0.15) is 25.7 Å². The van der Waals surface area contributed by atoms with Crippen LogP contribution in [0.4, 0.5) is 10.5 Å². The lowest BCUT2D eigenvalue weighted by molar-refractivity contribution is 0.203. The summed E-state index contributed by atoms with van der Waals surface area (Å²) in [7, 11) is 0. The van der Waals surface area contributed by atoms with Gasteiger partial charge in [-0.3, -0.25) is 0 Å². The molecule has 108 valence electrons. The zero-order valence-corrected chi connectivity index (χ0v) is 12.2. The first-order chi connectivity index (χ1) is 9.72. The van der Waals surface area contributed by atoms with Crippen molar-refractivity contribution >= 4 is 23.3 Å². The molecule has 1 aromatic carbocycles. The highest BCUT2D eigenvalue weighted by Crippen LogP contribution is 2.28. The van der Waals surface area contributed by atoms with Gasteiger partial charge in [0.25, 0.3) is 0 Å². The molecule has 0 aromatic heterocycles. The highest BCUT2D eigenvalue weighted by molar-refractivity contribution is 6.30. The fraction of sp³-hybridized carbons (Fsp3) is 0.533. The van der Waals surface area contributed by atoms with E-state index in [1.807, 2.05) is 17.0 Å². The van der Waals surface area contributed by atoms with Crippen LogP contribution in [0.5, 0.6) is 0 Å². The second-order valence-electron chi connectivity index (χ2n) is 5.61. The molecule has 2 aliphatic rings. The summed E-state index contributed by atoms with van der Waals surface area (Å²) in [5, 5.41) is 7.10. The van der Waals surface area contributed by atoms with Crippen molar-refractivity contribution in [2.75, 3.05) is 18.4 Å². The van der Waals surface area contributed by atoms with Crippen LogP contribution in [0.25, 0.3) is 0 Å². The van der Waals surface area contributed by atoms with Crippen LogP contribution < -0.4 is 10.6 Å². The van der Waals surface area contributed by atoms with Gasteiger partial charge in [0.05, 0.1) is 0 Å². The minimum atomic E-state index is 0.00326. The molecule has 5 heteroatoms. The Morgan fingerprint density at radius 2 is 2.05 bits per heavy atom. The average molecular weight is 294 g/mol. The number of halogens is 1. The van der Waals surface area contributed by atoms with Gasteiger partial charge in [-0.05, 0) is 56.5 Å². The van der Waals surface area contributed by atoms with Gasteiger partial charge in [0, 0.05) is 29.3 Å². The number of hydrogen-bond acceptors (Lipinski definition) is 2. The van der Waals surface area contributed by atoms with Crippen LogP contribution in [0.3, 0.4) is 0 Å². The number of amides is 2.